The van der Waals surface area contributed by atoms with Gasteiger partial charge in [-0.2, -0.15) is 0 Å². The molecule has 17 heavy (non-hydrogen) atoms. The van der Waals surface area contributed by atoms with Gasteiger partial charge in [-0.25, -0.2) is 0 Å². The Kier molecular flexibility index (Phi) is 4.40. The summed E-state index contributed by atoms with van der Waals surface area (Å²) in [6.45, 7) is 1.68. The number of hydrogen-bond acceptors (Lipinski definition) is 3. The average molecular weight is 256 g/mol. The minimum Gasteiger partial charge on any atom is -0.395 e. The molecule has 1 fully saturated rings. The van der Waals surface area contributed by atoms with Gasteiger partial charge < -0.3 is 10.2 Å². The van der Waals surface area contributed by atoms with Gasteiger partial charge in [0.05, 0.1) is 12.7 Å². The first-order valence-electron chi connectivity index (χ1n) is 5.99. The predicted molar refractivity (Wildman–Crippen MR) is 68.1 cm³/mol. The minimum atomic E-state index is -0.541. The highest BCUT2D eigenvalue weighted by atomic mass is 35.5. The van der Waals surface area contributed by atoms with Gasteiger partial charge >= 0.3 is 0 Å². The Morgan fingerprint density at radius 3 is 3.00 bits per heavy atom. The maximum Gasteiger partial charge on any atom is 0.0917 e. The van der Waals surface area contributed by atoms with E-state index in [1.54, 1.807) is 12.1 Å². The maximum atomic E-state index is 10.1. The summed E-state index contributed by atoms with van der Waals surface area (Å²) in [4.78, 5) is 2.14. The lowest BCUT2D eigenvalue weighted by Crippen LogP contribution is -2.35. The van der Waals surface area contributed by atoms with E-state index >= 15 is 0 Å². The molecule has 3 nitrogen and oxygen atoms in total. The zero-order valence-electron chi connectivity index (χ0n) is 9.72. The van der Waals surface area contributed by atoms with Crippen LogP contribution in [-0.2, 0) is 0 Å². The SMILES string of the molecule is OCC1CCCN1CC(O)c1cccc(Cl)c1. The molecule has 0 spiro atoms. The molecule has 94 valence electrons. The van der Waals surface area contributed by atoms with E-state index in [1.165, 1.54) is 0 Å². The first kappa shape index (κ1) is 12.8. The second-order valence-corrected chi connectivity index (χ2v) is 4.98. The largest absolute Gasteiger partial charge is 0.395 e. The van der Waals surface area contributed by atoms with E-state index < -0.39 is 6.10 Å². The van der Waals surface area contributed by atoms with Crippen LogP contribution in [-0.4, -0.2) is 40.9 Å². The van der Waals surface area contributed by atoms with E-state index in [9.17, 15) is 10.2 Å². The van der Waals surface area contributed by atoms with Crippen LogP contribution in [0.4, 0.5) is 0 Å². The number of β-amino-alcohol motifs (C(OH)–C–C–N with tert-alkyl or cyclic N) is 1. The molecule has 0 aromatic heterocycles. The first-order valence-corrected chi connectivity index (χ1v) is 6.37. The molecule has 1 aliphatic rings. The molecule has 0 radical (unpaired) electrons. The van der Waals surface area contributed by atoms with Crippen molar-refractivity contribution in [2.24, 2.45) is 0 Å². The highest BCUT2D eigenvalue weighted by Crippen LogP contribution is 2.23. The lowest BCUT2D eigenvalue weighted by Gasteiger charge is -2.25. The molecular weight excluding hydrogens is 238 g/mol. The Bertz CT molecular complexity index is 372. The van der Waals surface area contributed by atoms with Gasteiger partial charge in [-0.1, -0.05) is 23.7 Å². The zero-order chi connectivity index (χ0) is 12.3. The lowest BCUT2D eigenvalue weighted by atomic mass is 10.1. The van der Waals surface area contributed by atoms with Gasteiger partial charge in [-0.05, 0) is 37.1 Å². The highest BCUT2D eigenvalue weighted by molar-refractivity contribution is 6.30. The minimum absolute atomic E-state index is 0.169. The van der Waals surface area contributed by atoms with Crippen molar-refractivity contribution in [3.05, 3.63) is 34.9 Å². The number of rotatable bonds is 4. The van der Waals surface area contributed by atoms with Crippen molar-refractivity contribution in [1.82, 2.24) is 4.90 Å². The molecule has 2 atom stereocenters. The molecule has 1 aliphatic heterocycles. The van der Waals surface area contributed by atoms with Crippen molar-refractivity contribution in [2.75, 3.05) is 19.7 Å². The quantitative estimate of drug-likeness (QED) is 0.863. The molecule has 1 aromatic carbocycles. The van der Waals surface area contributed by atoms with E-state index in [-0.39, 0.29) is 12.6 Å². The highest BCUT2D eigenvalue weighted by Gasteiger charge is 2.25. The third kappa shape index (κ3) is 3.19. The van der Waals surface area contributed by atoms with E-state index in [2.05, 4.69) is 4.90 Å². The topological polar surface area (TPSA) is 43.7 Å². The van der Waals surface area contributed by atoms with Crippen LogP contribution in [0.15, 0.2) is 24.3 Å². The molecule has 2 unspecified atom stereocenters. The Labute approximate surface area is 107 Å². The van der Waals surface area contributed by atoms with Gasteiger partial charge in [0, 0.05) is 17.6 Å². The summed E-state index contributed by atoms with van der Waals surface area (Å²) in [5.41, 5.74) is 0.834. The molecule has 2 N–H and O–H groups in total. The normalized spacial score (nSPS) is 22.9. The fourth-order valence-electron chi connectivity index (χ4n) is 2.38. The standard InChI is InChI=1S/C13H18ClNO2/c14-11-4-1-3-10(7-11)13(17)8-15-6-2-5-12(15)9-16/h1,3-4,7,12-13,16-17H,2,5-6,8-9H2. The van der Waals surface area contributed by atoms with Gasteiger partial charge in [0.1, 0.15) is 0 Å². The van der Waals surface area contributed by atoms with Crippen molar-refractivity contribution < 1.29 is 10.2 Å². The predicted octanol–water partition coefficient (Wildman–Crippen LogP) is 1.83. The van der Waals surface area contributed by atoms with E-state index in [1.807, 2.05) is 12.1 Å². The molecule has 2 rings (SSSR count). The number of benzene rings is 1. The smallest absolute Gasteiger partial charge is 0.0917 e. The third-order valence-electron chi connectivity index (χ3n) is 3.35. The number of aliphatic hydroxyl groups is 2. The lowest BCUT2D eigenvalue weighted by molar-refractivity contribution is 0.0850. The summed E-state index contributed by atoms with van der Waals surface area (Å²) in [5.74, 6) is 0. The van der Waals surface area contributed by atoms with Gasteiger partial charge in [0.2, 0.25) is 0 Å². The second kappa shape index (κ2) is 5.83. The molecule has 0 bridgehead atoms. The fourth-order valence-corrected chi connectivity index (χ4v) is 2.58. The number of nitrogens with zero attached hydrogens (tertiary/aromatic N) is 1. The van der Waals surface area contributed by atoms with Crippen LogP contribution in [0.3, 0.4) is 0 Å². The number of aliphatic hydroxyl groups excluding tert-OH is 2. The van der Waals surface area contributed by atoms with Crippen molar-refractivity contribution >= 4 is 11.6 Å². The van der Waals surface area contributed by atoms with Crippen molar-refractivity contribution in [2.45, 2.75) is 25.0 Å². The number of likely N-dealkylation sites (tertiary alicyclic amines) is 1. The molecule has 1 heterocycles. The van der Waals surface area contributed by atoms with Crippen LogP contribution in [0.5, 0.6) is 0 Å². The van der Waals surface area contributed by atoms with E-state index in [0.717, 1.165) is 24.9 Å². The summed E-state index contributed by atoms with van der Waals surface area (Å²) in [7, 11) is 0. The first-order chi connectivity index (χ1) is 8.20. The molecule has 4 heteroatoms. The number of halogens is 1. The van der Waals surface area contributed by atoms with E-state index in [4.69, 9.17) is 11.6 Å². The molecule has 1 aromatic rings. The van der Waals surface area contributed by atoms with Crippen LogP contribution in [0, 0.1) is 0 Å². The number of hydrogen-bond donors (Lipinski definition) is 2. The van der Waals surface area contributed by atoms with Crippen molar-refractivity contribution in [3.8, 4) is 0 Å². The fraction of sp³-hybridized carbons (Fsp3) is 0.538. The average Bonchev–Trinajstić information content (AvgIpc) is 2.76. The van der Waals surface area contributed by atoms with Gasteiger partial charge in [-0.15, -0.1) is 0 Å². The van der Waals surface area contributed by atoms with Crippen LogP contribution < -0.4 is 0 Å². The van der Waals surface area contributed by atoms with Crippen molar-refractivity contribution in [1.29, 1.82) is 0 Å². The molecule has 0 amide bonds. The Hall–Kier alpha value is -0.610. The molecular formula is C13H18ClNO2. The summed E-state index contributed by atoms with van der Waals surface area (Å²) in [6, 6.07) is 7.50. The van der Waals surface area contributed by atoms with E-state index in [0.29, 0.717) is 11.6 Å². The molecule has 0 aliphatic carbocycles. The Balaban J connectivity index is 1.99. The summed E-state index contributed by atoms with van der Waals surface area (Å²) < 4.78 is 0. The monoisotopic (exact) mass is 255 g/mol. The Morgan fingerprint density at radius 1 is 1.47 bits per heavy atom. The summed E-state index contributed by atoms with van der Waals surface area (Å²) in [5, 5.41) is 20.0. The Morgan fingerprint density at radius 2 is 2.29 bits per heavy atom. The maximum absolute atomic E-state index is 10.1. The molecule has 1 saturated heterocycles. The summed E-state index contributed by atoms with van der Waals surface area (Å²) >= 11 is 5.90. The summed E-state index contributed by atoms with van der Waals surface area (Å²) in [6.07, 6.45) is 1.56. The van der Waals surface area contributed by atoms with Gasteiger partial charge in [0.15, 0.2) is 0 Å². The van der Waals surface area contributed by atoms with Gasteiger partial charge in [0.25, 0.3) is 0 Å². The van der Waals surface area contributed by atoms with Crippen LogP contribution in [0.2, 0.25) is 5.02 Å². The van der Waals surface area contributed by atoms with Crippen molar-refractivity contribution in [3.63, 3.8) is 0 Å². The zero-order valence-corrected chi connectivity index (χ0v) is 10.5. The third-order valence-corrected chi connectivity index (χ3v) is 3.59. The van der Waals surface area contributed by atoms with Crippen LogP contribution >= 0.6 is 11.6 Å². The molecule has 0 saturated carbocycles. The van der Waals surface area contributed by atoms with Crippen LogP contribution in [0.25, 0.3) is 0 Å². The second-order valence-electron chi connectivity index (χ2n) is 4.54. The van der Waals surface area contributed by atoms with Gasteiger partial charge in [-0.3, -0.25) is 4.90 Å². The van der Waals surface area contributed by atoms with Crippen LogP contribution in [0.1, 0.15) is 24.5 Å².